The molecule has 1 fully saturated rings. The molecule has 0 spiro atoms. The van der Waals surface area contributed by atoms with Crippen LogP contribution in [0.1, 0.15) is 24.0 Å². The molecule has 0 saturated carbocycles. The van der Waals surface area contributed by atoms with Crippen LogP contribution >= 0.6 is 0 Å². The van der Waals surface area contributed by atoms with E-state index in [-0.39, 0.29) is 24.3 Å². The molecule has 1 unspecified atom stereocenters. The van der Waals surface area contributed by atoms with E-state index in [9.17, 15) is 22.8 Å². The summed E-state index contributed by atoms with van der Waals surface area (Å²) < 4.78 is 38.3. The van der Waals surface area contributed by atoms with Gasteiger partial charge in [0.25, 0.3) is 0 Å². The molecule has 4 nitrogen and oxygen atoms in total. The van der Waals surface area contributed by atoms with Crippen LogP contribution in [-0.2, 0) is 22.3 Å². The summed E-state index contributed by atoms with van der Waals surface area (Å²) in [5.41, 5.74) is -0.313. The lowest BCUT2D eigenvalue weighted by Crippen LogP contribution is -2.45. The smallest absolute Gasteiger partial charge is 0.341 e. The molecule has 0 bridgehead atoms. The van der Waals surface area contributed by atoms with Crippen molar-refractivity contribution in [2.45, 2.75) is 25.6 Å². The lowest BCUT2D eigenvalue weighted by Gasteiger charge is -2.33. The molecule has 1 aromatic rings. The van der Waals surface area contributed by atoms with Crippen molar-refractivity contribution in [3.8, 4) is 0 Å². The first kappa shape index (κ1) is 19.0. The Balaban J connectivity index is 2.03. The second-order valence-electron chi connectivity index (χ2n) is 6.22. The molecule has 136 valence electrons. The molecule has 2 amide bonds. The van der Waals surface area contributed by atoms with Crippen molar-refractivity contribution < 1.29 is 22.8 Å². The highest BCUT2D eigenvalue weighted by Gasteiger charge is 2.31. The molecule has 2 rings (SSSR count). The number of piperidine rings is 1. The fourth-order valence-corrected chi connectivity index (χ4v) is 3.02. The summed E-state index contributed by atoms with van der Waals surface area (Å²) in [5, 5.41) is 0. The van der Waals surface area contributed by atoms with Gasteiger partial charge in [-0.3, -0.25) is 9.59 Å². The van der Waals surface area contributed by atoms with Crippen molar-refractivity contribution in [3.63, 3.8) is 0 Å². The van der Waals surface area contributed by atoms with Gasteiger partial charge in [0, 0.05) is 26.7 Å². The molecule has 1 aliphatic rings. The van der Waals surface area contributed by atoms with Gasteiger partial charge in [-0.2, -0.15) is 13.2 Å². The number of halogens is 3. The Morgan fingerprint density at radius 2 is 2.12 bits per heavy atom. The zero-order valence-electron chi connectivity index (χ0n) is 14.1. The average Bonchev–Trinajstić information content (AvgIpc) is 2.60. The highest BCUT2D eigenvalue weighted by atomic mass is 19.4. The average molecular weight is 354 g/mol. The Morgan fingerprint density at radius 1 is 1.40 bits per heavy atom. The topological polar surface area (TPSA) is 40.6 Å². The number of benzene rings is 1. The molecular weight excluding hydrogens is 333 g/mol. The largest absolute Gasteiger partial charge is 0.416 e. The molecule has 1 heterocycles. The van der Waals surface area contributed by atoms with Gasteiger partial charge in [-0.1, -0.05) is 18.7 Å². The first-order valence-corrected chi connectivity index (χ1v) is 8.05. The number of hydrogen-bond donors (Lipinski definition) is 0. The van der Waals surface area contributed by atoms with Gasteiger partial charge in [-0.05, 0) is 36.6 Å². The van der Waals surface area contributed by atoms with Crippen LogP contribution < -0.4 is 0 Å². The van der Waals surface area contributed by atoms with Gasteiger partial charge in [0.2, 0.25) is 11.8 Å². The summed E-state index contributed by atoms with van der Waals surface area (Å²) in [6, 6.07) is 4.96. The van der Waals surface area contributed by atoms with E-state index >= 15 is 0 Å². The molecule has 1 saturated heterocycles. The van der Waals surface area contributed by atoms with Gasteiger partial charge in [0.15, 0.2) is 0 Å². The summed E-state index contributed by atoms with van der Waals surface area (Å²) in [6.07, 6.45) is -1.81. The molecule has 0 radical (unpaired) electrons. The molecular formula is C18H21F3N2O2. The Kier molecular flexibility index (Phi) is 5.87. The van der Waals surface area contributed by atoms with Crippen molar-refractivity contribution in [2.24, 2.45) is 5.92 Å². The highest BCUT2D eigenvalue weighted by molar-refractivity contribution is 5.88. The molecule has 1 atom stereocenters. The van der Waals surface area contributed by atoms with Crippen molar-refractivity contribution >= 4 is 11.8 Å². The highest BCUT2D eigenvalue weighted by Crippen LogP contribution is 2.30. The Hall–Kier alpha value is -2.31. The number of likely N-dealkylation sites (tertiary alicyclic amines) is 1. The van der Waals surface area contributed by atoms with E-state index in [1.54, 1.807) is 18.0 Å². The quantitative estimate of drug-likeness (QED) is 0.780. The maximum Gasteiger partial charge on any atom is 0.416 e. The van der Waals surface area contributed by atoms with Crippen LogP contribution in [0.2, 0.25) is 0 Å². The van der Waals surface area contributed by atoms with Crippen LogP contribution in [0.5, 0.6) is 0 Å². The fourth-order valence-electron chi connectivity index (χ4n) is 3.02. The monoisotopic (exact) mass is 354 g/mol. The number of nitrogens with zero attached hydrogens (tertiary/aromatic N) is 2. The van der Waals surface area contributed by atoms with Crippen molar-refractivity contribution in [3.05, 3.63) is 48.0 Å². The zero-order chi connectivity index (χ0) is 18.6. The number of carbonyl (C=O) groups excluding carboxylic acids is 2. The maximum absolute atomic E-state index is 12.8. The van der Waals surface area contributed by atoms with Gasteiger partial charge in [0.05, 0.1) is 11.5 Å². The van der Waals surface area contributed by atoms with Gasteiger partial charge < -0.3 is 9.80 Å². The summed E-state index contributed by atoms with van der Waals surface area (Å²) >= 11 is 0. The standard InChI is InChI=1S/C18H21F3N2O2/c1-3-16(24)23-9-5-7-14(12-23)17(25)22(2)11-13-6-4-8-15(10-13)18(19,20)21/h3-4,6,8,10,14H,1,5,7,9,11-12H2,2H3. The van der Waals surface area contributed by atoms with Crippen LogP contribution in [0, 0.1) is 5.92 Å². The van der Waals surface area contributed by atoms with Crippen LogP contribution in [0.3, 0.4) is 0 Å². The Bertz CT molecular complexity index is 658. The van der Waals surface area contributed by atoms with E-state index in [0.29, 0.717) is 31.5 Å². The van der Waals surface area contributed by atoms with Gasteiger partial charge in [0.1, 0.15) is 0 Å². The molecule has 1 aromatic carbocycles. The van der Waals surface area contributed by atoms with E-state index in [1.165, 1.54) is 17.0 Å². The predicted molar refractivity (Wildman–Crippen MR) is 87.4 cm³/mol. The third-order valence-electron chi connectivity index (χ3n) is 4.31. The summed E-state index contributed by atoms with van der Waals surface area (Å²) in [5.74, 6) is -0.717. The molecule has 0 aliphatic carbocycles. The fraction of sp³-hybridized carbons (Fsp3) is 0.444. The molecule has 0 aromatic heterocycles. The number of hydrogen-bond acceptors (Lipinski definition) is 2. The first-order valence-electron chi connectivity index (χ1n) is 8.05. The van der Waals surface area contributed by atoms with E-state index < -0.39 is 11.7 Å². The van der Waals surface area contributed by atoms with Gasteiger partial charge in [-0.15, -0.1) is 0 Å². The van der Waals surface area contributed by atoms with Crippen LogP contribution in [0.4, 0.5) is 13.2 Å². The van der Waals surface area contributed by atoms with E-state index in [4.69, 9.17) is 0 Å². The predicted octanol–water partition coefficient (Wildman–Crippen LogP) is 3.09. The Labute approximate surface area is 144 Å². The Morgan fingerprint density at radius 3 is 2.76 bits per heavy atom. The third kappa shape index (κ3) is 4.84. The maximum atomic E-state index is 12.8. The van der Waals surface area contributed by atoms with Crippen molar-refractivity contribution in [1.29, 1.82) is 0 Å². The summed E-state index contributed by atoms with van der Waals surface area (Å²) in [7, 11) is 1.57. The lowest BCUT2D eigenvalue weighted by molar-refractivity contribution is -0.138. The molecule has 0 N–H and O–H groups in total. The second kappa shape index (κ2) is 7.72. The number of amides is 2. The lowest BCUT2D eigenvalue weighted by atomic mass is 9.96. The van der Waals surface area contributed by atoms with E-state index in [0.717, 1.165) is 12.1 Å². The number of rotatable bonds is 4. The van der Waals surface area contributed by atoms with E-state index in [2.05, 4.69) is 6.58 Å². The number of carbonyl (C=O) groups is 2. The summed E-state index contributed by atoms with van der Waals surface area (Å²) in [4.78, 5) is 27.3. The molecule has 1 aliphatic heterocycles. The molecule has 25 heavy (non-hydrogen) atoms. The van der Waals surface area contributed by atoms with Crippen LogP contribution in [0.25, 0.3) is 0 Å². The third-order valence-corrected chi connectivity index (χ3v) is 4.31. The minimum atomic E-state index is -4.41. The van der Waals surface area contributed by atoms with Crippen LogP contribution in [0.15, 0.2) is 36.9 Å². The van der Waals surface area contributed by atoms with Gasteiger partial charge in [-0.25, -0.2) is 0 Å². The minimum absolute atomic E-state index is 0.0919. The van der Waals surface area contributed by atoms with Crippen molar-refractivity contribution in [2.75, 3.05) is 20.1 Å². The van der Waals surface area contributed by atoms with Gasteiger partial charge >= 0.3 is 6.18 Å². The van der Waals surface area contributed by atoms with Crippen molar-refractivity contribution in [1.82, 2.24) is 9.80 Å². The first-order chi connectivity index (χ1) is 11.7. The molecule has 7 heteroatoms. The zero-order valence-corrected chi connectivity index (χ0v) is 14.1. The minimum Gasteiger partial charge on any atom is -0.341 e. The normalized spacial score (nSPS) is 17.9. The summed E-state index contributed by atoms with van der Waals surface area (Å²) in [6.45, 7) is 4.44. The number of alkyl halides is 3. The second-order valence-corrected chi connectivity index (χ2v) is 6.22. The van der Waals surface area contributed by atoms with Crippen LogP contribution in [-0.4, -0.2) is 41.8 Å². The SMILES string of the molecule is C=CC(=O)N1CCCC(C(=O)N(C)Cc2cccc(C(F)(F)F)c2)C1. The van der Waals surface area contributed by atoms with E-state index in [1.807, 2.05) is 0 Å².